The summed E-state index contributed by atoms with van der Waals surface area (Å²) >= 11 is 1.52. The van der Waals surface area contributed by atoms with E-state index in [1.807, 2.05) is 35.7 Å². The number of benzene rings is 1. The number of hydrogen-bond donors (Lipinski definition) is 1. The fraction of sp³-hybridized carbons (Fsp3) is 0.0667. The van der Waals surface area contributed by atoms with E-state index in [0.29, 0.717) is 5.69 Å². The van der Waals surface area contributed by atoms with Crippen LogP contribution in [-0.2, 0) is 14.3 Å². The van der Waals surface area contributed by atoms with Gasteiger partial charge in [-0.3, -0.25) is 4.79 Å². The van der Waals surface area contributed by atoms with E-state index in [4.69, 9.17) is 4.74 Å². The number of thiophene rings is 1. The third-order valence-electron chi connectivity index (χ3n) is 2.33. The quantitative estimate of drug-likeness (QED) is 0.679. The van der Waals surface area contributed by atoms with Gasteiger partial charge in [0.15, 0.2) is 6.61 Å². The number of amides is 1. The molecule has 1 N–H and O–H groups in total. The molecule has 0 fully saturated rings. The predicted molar refractivity (Wildman–Crippen MR) is 79.4 cm³/mol. The fourth-order valence-electron chi connectivity index (χ4n) is 1.44. The van der Waals surface area contributed by atoms with Crippen molar-refractivity contribution in [2.75, 3.05) is 11.9 Å². The Hall–Kier alpha value is -2.40. The van der Waals surface area contributed by atoms with Crippen molar-refractivity contribution in [3.8, 4) is 0 Å². The summed E-state index contributed by atoms with van der Waals surface area (Å²) in [5, 5.41) is 4.54. The topological polar surface area (TPSA) is 55.4 Å². The van der Waals surface area contributed by atoms with E-state index in [-0.39, 0.29) is 12.5 Å². The van der Waals surface area contributed by atoms with Gasteiger partial charge in [-0.05, 0) is 29.7 Å². The molecule has 0 aliphatic carbocycles. The summed E-state index contributed by atoms with van der Waals surface area (Å²) in [6.45, 7) is -0.303. The maximum atomic E-state index is 11.5. The zero-order chi connectivity index (χ0) is 14.2. The molecule has 0 bridgehead atoms. The Labute approximate surface area is 120 Å². The van der Waals surface area contributed by atoms with E-state index in [0.717, 1.165) is 4.88 Å². The molecule has 0 aliphatic heterocycles. The van der Waals surface area contributed by atoms with Crippen molar-refractivity contribution in [1.82, 2.24) is 0 Å². The number of nitrogens with one attached hydrogen (secondary N) is 1. The SMILES string of the molecule is O=C(COC(=O)/C=C/c1cccs1)Nc1ccccc1. The lowest BCUT2D eigenvalue weighted by Crippen LogP contribution is -2.20. The standard InChI is InChI=1S/C15H13NO3S/c17-14(16-12-5-2-1-3-6-12)11-19-15(18)9-8-13-7-4-10-20-13/h1-10H,11H2,(H,16,17)/b9-8+. The van der Waals surface area contributed by atoms with E-state index in [1.54, 1.807) is 18.2 Å². The van der Waals surface area contributed by atoms with Crippen molar-refractivity contribution in [1.29, 1.82) is 0 Å². The van der Waals surface area contributed by atoms with Crippen LogP contribution in [0.1, 0.15) is 4.88 Å². The van der Waals surface area contributed by atoms with Gasteiger partial charge in [0.1, 0.15) is 0 Å². The molecule has 1 amide bonds. The minimum Gasteiger partial charge on any atom is -0.452 e. The highest BCUT2D eigenvalue weighted by atomic mass is 32.1. The minimum absolute atomic E-state index is 0.303. The summed E-state index contributed by atoms with van der Waals surface area (Å²) in [6.07, 6.45) is 2.96. The van der Waals surface area contributed by atoms with Gasteiger partial charge in [-0.2, -0.15) is 0 Å². The first-order valence-electron chi connectivity index (χ1n) is 5.97. The molecule has 0 unspecified atom stereocenters. The predicted octanol–water partition coefficient (Wildman–Crippen LogP) is 2.94. The number of hydrogen-bond acceptors (Lipinski definition) is 4. The summed E-state index contributed by atoms with van der Waals surface area (Å²) in [5.41, 5.74) is 0.669. The third kappa shape index (κ3) is 4.70. The van der Waals surface area contributed by atoms with Crippen LogP contribution in [-0.4, -0.2) is 18.5 Å². The summed E-state index contributed by atoms with van der Waals surface area (Å²) in [5.74, 6) is -0.907. The normalized spacial score (nSPS) is 10.4. The molecule has 0 atom stereocenters. The smallest absolute Gasteiger partial charge is 0.331 e. The van der Waals surface area contributed by atoms with Gasteiger partial charge >= 0.3 is 5.97 Å². The summed E-state index contributed by atoms with van der Waals surface area (Å²) in [4.78, 5) is 23.9. The van der Waals surface area contributed by atoms with E-state index in [2.05, 4.69) is 5.32 Å². The fourth-order valence-corrected chi connectivity index (χ4v) is 2.06. The Morgan fingerprint density at radius 2 is 1.95 bits per heavy atom. The lowest BCUT2D eigenvalue weighted by Gasteiger charge is -2.04. The molecule has 0 saturated carbocycles. The van der Waals surface area contributed by atoms with Gasteiger partial charge in [0.2, 0.25) is 0 Å². The van der Waals surface area contributed by atoms with E-state index in [1.165, 1.54) is 17.4 Å². The number of para-hydroxylation sites is 1. The lowest BCUT2D eigenvalue weighted by atomic mass is 10.3. The molecule has 0 aliphatic rings. The Bertz CT molecular complexity index is 591. The Morgan fingerprint density at radius 1 is 1.15 bits per heavy atom. The largest absolute Gasteiger partial charge is 0.452 e. The maximum absolute atomic E-state index is 11.5. The van der Waals surface area contributed by atoms with Crippen molar-refractivity contribution in [3.05, 3.63) is 58.8 Å². The minimum atomic E-state index is -0.540. The average molecular weight is 287 g/mol. The molecular formula is C15H13NO3S. The van der Waals surface area contributed by atoms with Crippen molar-refractivity contribution >= 4 is 35.0 Å². The molecule has 0 saturated heterocycles. The van der Waals surface area contributed by atoms with Crippen LogP contribution in [0.3, 0.4) is 0 Å². The first-order chi connectivity index (χ1) is 9.74. The van der Waals surface area contributed by atoms with Crippen molar-refractivity contribution in [2.24, 2.45) is 0 Å². The van der Waals surface area contributed by atoms with E-state index in [9.17, 15) is 9.59 Å². The Kier molecular flexibility index (Phi) is 5.08. The first-order valence-corrected chi connectivity index (χ1v) is 6.85. The van der Waals surface area contributed by atoms with E-state index < -0.39 is 5.97 Å². The van der Waals surface area contributed by atoms with Crippen LogP contribution in [0.2, 0.25) is 0 Å². The van der Waals surface area contributed by atoms with Crippen LogP contribution in [0.4, 0.5) is 5.69 Å². The molecule has 1 aromatic heterocycles. The van der Waals surface area contributed by atoms with Crippen molar-refractivity contribution in [3.63, 3.8) is 0 Å². The lowest BCUT2D eigenvalue weighted by molar-refractivity contribution is -0.142. The van der Waals surface area contributed by atoms with Crippen LogP contribution in [0.25, 0.3) is 6.08 Å². The second-order valence-electron chi connectivity index (χ2n) is 3.87. The number of ether oxygens (including phenoxy) is 1. The molecule has 1 aromatic carbocycles. The molecule has 2 rings (SSSR count). The molecule has 0 spiro atoms. The maximum Gasteiger partial charge on any atom is 0.331 e. The Morgan fingerprint density at radius 3 is 2.65 bits per heavy atom. The summed E-state index contributed by atoms with van der Waals surface area (Å²) in [7, 11) is 0. The average Bonchev–Trinajstić information content (AvgIpc) is 2.97. The van der Waals surface area contributed by atoms with Crippen LogP contribution < -0.4 is 5.32 Å². The van der Waals surface area contributed by atoms with Gasteiger partial charge in [0.05, 0.1) is 0 Å². The van der Waals surface area contributed by atoms with Gasteiger partial charge in [-0.1, -0.05) is 24.3 Å². The zero-order valence-corrected chi connectivity index (χ0v) is 11.4. The molecule has 0 radical (unpaired) electrons. The Balaban J connectivity index is 1.74. The second-order valence-corrected chi connectivity index (χ2v) is 4.85. The number of carbonyl (C=O) groups is 2. The molecule has 4 nitrogen and oxygen atoms in total. The molecule has 20 heavy (non-hydrogen) atoms. The van der Waals surface area contributed by atoms with Gasteiger partial charge in [0.25, 0.3) is 5.91 Å². The highest BCUT2D eigenvalue weighted by Gasteiger charge is 2.05. The molecule has 102 valence electrons. The number of carbonyl (C=O) groups excluding carboxylic acids is 2. The van der Waals surface area contributed by atoms with E-state index >= 15 is 0 Å². The first kappa shape index (κ1) is 14.0. The van der Waals surface area contributed by atoms with Crippen LogP contribution in [0.5, 0.6) is 0 Å². The second kappa shape index (κ2) is 7.25. The summed E-state index contributed by atoms with van der Waals surface area (Å²) in [6, 6.07) is 12.8. The summed E-state index contributed by atoms with van der Waals surface area (Å²) < 4.78 is 4.84. The van der Waals surface area contributed by atoms with Crippen molar-refractivity contribution < 1.29 is 14.3 Å². The number of esters is 1. The van der Waals surface area contributed by atoms with Gasteiger partial charge < -0.3 is 10.1 Å². The molecular weight excluding hydrogens is 274 g/mol. The van der Waals surface area contributed by atoms with Crippen LogP contribution >= 0.6 is 11.3 Å². The van der Waals surface area contributed by atoms with Gasteiger partial charge in [0, 0.05) is 16.6 Å². The molecule has 5 heteroatoms. The number of anilines is 1. The highest BCUT2D eigenvalue weighted by molar-refractivity contribution is 7.10. The van der Waals surface area contributed by atoms with Gasteiger partial charge in [-0.25, -0.2) is 4.79 Å². The number of rotatable bonds is 5. The zero-order valence-electron chi connectivity index (χ0n) is 10.6. The molecule has 1 heterocycles. The van der Waals surface area contributed by atoms with Crippen LogP contribution in [0.15, 0.2) is 53.9 Å². The van der Waals surface area contributed by atoms with Crippen molar-refractivity contribution in [2.45, 2.75) is 0 Å². The molecule has 2 aromatic rings. The highest BCUT2D eigenvalue weighted by Crippen LogP contribution is 2.10. The monoisotopic (exact) mass is 287 g/mol. The van der Waals surface area contributed by atoms with Crippen LogP contribution in [0, 0.1) is 0 Å². The third-order valence-corrected chi connectivity index (χ3v) is 3.17. The van der Waals surface area contributed by atoms with Gasteiger partial charge in [-0.15, -0.1) is 11.3 Å².